The van der Waals surface area contributed by atoms with Gasteiger partial charge in [-0.1, -0.05) is 27.7 Å². The van der Waals surface area contributed by atoms with Crippen molar-refractivity contribution in [2.75, 3.05) is 33.0 Å². The van der Waals surface area contributed by atoms with E-state index >= 15 is 0 Å². The zero-order chi connectivity index (χ0) is 20.7. The van der Waals surface area contributed by atoms with Crippen molar-refractivity contribution in [1.29, 1.82) is 0 Å². The molecule has 4 nitrogen and oxygen atoms in total. The van der Waals surface area contributed by atoms with E-state index < -0.39 is 0 Å². The van der Waals surface area contributed by atoms with Crippen molar-refractivity contribution in [3.05, 3.63) is 0 Å². The van der Waals surface area contributed by atoms with Crippen LogP contribution < -0.4 is 0 Å². The highest BCUT2D eigenvalue weighted by molar-refractivity contribution is 7.98. The molecule has 5 heteroatoms. The smallest absolute Gasteiger partial charge is 0.146 e. The van der Waals surface area contributed by atoms with Gasteiger partial charge in [0.15, 0.2) is 0 Å². The minimum atomic E-state index is -0.362. The topological polar surface area (TPSA) is 44.8 Å². The largest absolute Gasteiger partial charge is 0.381 e. The molecule has 3 aliphatic rings. The van der Waals surface area contributed by atoms with Crippen LogP contribution in [0.5, 0.6) is 0 Å². The van der Waals surface area contributed by atoms with Crippen LogP contribution in [0.15, 0.2) is 0 Å². The summed E-state index contributed by atoms with van der Waals surface area (Å²) < 4.78 is 17.8. The maximum Gasteiger partial charge on any atom is 0.146 e. The molecule has 0 aliphatic heterocycles. The van der Waals surface area contributed by atoms with E-state index in [1.807, 2.05) is 7.11 Å². The van der Waals surface area contributed by atoms with Gasteiger partial charge in [-0.25, -0.2) is 0 Å². The van der Waals surface area contributed by atoms with Crippen molar-refractivity contribution in [3.63, 3.8) is 0 Å². The summed E-state index contributed by atoms with van der Waals surface area (Å²) in [5.74, 6) is 2.24. The van der Waals surface area contributed by atoms with E-state index in [4.69, 9.17) is 14.2 Å². The fraction of sp³-hybridized carbons (Fsp3) is 0.957. The zero-order valence-corrected chi connectivity index (χ0v) is 19.7. The molecule has 0 spiro atoms. The van der Waals surface area contributed by atoms with Crippen LogP contribution in [0.1, 0.15) is 59.8 Å². The van der Waals surface area contributed by atoms with Crippen LogP contribution in [-0.2, 0) is 19.0 Å². The second kappa shape index (κ2) is 8.20. The number of methoxy groups -OCH3 is 2. The van der Waals surface area contributed by atoms with E-state index in [1.54, 1.807) is 18.9 Å². The number of Topliss-reactive ketones (excluding diaryl/α,β-unsaturated/α-hetero) is 1. The van der Waals surface area contributed by atoms with Crippen molar-refractivity contribution in [2.45, 2.75) is 72.0 Å². The summed E-state index contributed by atoms with van der Waals surface area (Å²) in [5.41, 5.74) is -0.352. The molecule has 3 fully saturated rings. The highest BCUT2D eigenvalue weighted by atomic mass is 32.2. The molecule has 0 saturated heterocycles. The minimum Gasteiger partial charge on any atom is -0.381 e. The molecule has 0 unspecified atom stereocenters. The predicted molar refractivity (Wildman–Crippen MR) is 114 cm³/mol. The molecule has 0 aromatic carbocycles. The quantitative estimate of drug-likeness (QED) is 0.586. The molecule has 3 rings (SSSR count). The summed E-state index contributed by atoms with van der Waals surface area (Å²) in [5, 5.41) is 0. The van der Waals surface area contributed by atoms with Crippen LogP contribution >= 0.6 is 11.8 Å². The molecule has 0 radical (unpaired) electrons. The maximum atomic E-state index is 13.9. The van der Waals surface area contributed by atoms with Crippen molar-refractivity contribution >= 4 is 17.5 Å². The molecule has 0 aromatic heterocycles. The van der Waals surface area contributed by atoms with E-state index in [0.29, 0.717) is 17.6 Å². The molecule has 0 heterocycles. The third-order valence-corrected chi connectivity index (χ3v) is 9.92. The number of hydrogen-bond donors (Lipinski definition) is 0. The van der Waals surface area contributed by atoms with Gasteiger partial charge in [0.1, 0.15) is 12.6 Å². The van der Waals surface area contributed by atoms with Crippen LogP contribution in [0.3, 0.4) is 0 Å². The summed E-state index contributed by atoms with van der Waals surface area (Å²) in [6.45, 7) is 9.49. The molecule has 0 amide bonds. The lowest BCUT2D eigenvalue weighted by atomic mass is 9.44. The molecule has 0 N–H and O–H groups in total. The van der Waals surface area contributed by atoms with Crippen LogP contribution in [0.25, 0.3) is 0 Å². The molecule has 3 aliphatic carbocycles. The summed E-state index contributed by atoms with van der Waals surface area (Å²) in [7, 11) is 3.53. The lowest BCUT2D eigenvalue weighted by molar-refractivity contribution is -0.218. The van der Waals surface area contributed by atoms with Gasteiger partial charge in [-0.2, -0.15) is 11.8 Å². The number of ether oxygens (including phenoxy) is 3. The van der Waals surface area contributed by atoms with Crippen LogP contribution in [0.2, 0.25) is 0 Å². The van der Waals surface area contributed by atoms with Crippen molar-refractivity contribution < 1.29 is 19.0 Å². The summed E-state index contributed by atoms with van der Waals surface area (Å²) in [6.07, 6.45) is 7.52. The number of rotatable bonds is 6. The number of hydrogen-bond acceptors (Lipinski definition) is 5. The Bertz CT molecular complexity index is 583. The van der Waals surface area contributed by atoms with Crippen LogP contribution in [0.4, 0.5) is 0 Å². The highest BCUT2D eigenvalue weighted by Crippen LogP contribution is 2.68. The van der Waals surface area contributed by atoms with E-state index in [2.05, 4.69) is 34.0 Å². The second-order valence-corrected chi connectivity index (χ2v) is 11.0. The van der Waals surface area contributed by atoms with Gasteiger partial charge in [0.05, 0.1) is 12.2 Å². The van der Waals surface area contributed by atoms with E-state index in [-0.39, 0.29) is 41.2 Å². The van der Waals surface area contributed by atoms with Crippen molar-refractivity contribution in [3.8, 4) is 0 Å². The monoisotopic (exact) mass is 412 g/mol. The molecular weight excluding hydrogens is 372 g/mol. The van der Waals surface area contributed by atoms with E-state index in [9.17, 15) is 4.79 Å². The Morgan fingerprint density at radius 3 is 2.43 bits per heavy atom. The summed E-state index contributed by atoms with van der Waals surface area (Å²) in [6, 6.07) is 0. The van der Waals surface area contributed by atoms with Crippen LogP contribution in [0, 0.1) is 34.0 Å². The Balaban J connectivity index is 2.17. The second-order valence-electron chi connectivity index (χ2n) is 10.2. The lowest BCUT2D eigenvalue weighted by Gasteiger charge is -2.62. The first-order valence-corrected chi connectivity index (χ1v) is 12.3. The molecule has 2 bridgehead atoms. The molecule has 0 aromatic rings. The Morgan fingerprint density at radius 2 is 1.82 bits per heavy atom. The third-order valence-electron chi connectivity index (χ3n) is 8.99. The Kier molecular flexibility index (Phi) is 6.62. The average Bonchev–Trinajstić information content (AvgIpc) is 3.07. The number of carbonyl (C=O) groups is 1. The van der Waals surface area contributed by atoms with E-state index in [0.717, 1.165) is 37.9 Å². The third kappa shape index (κ3) is 3.19. The molecule has 162 valence electrons. The molecule has 3 saturated carbocycles. The van der Waals surface area contributed by atoms with Gasteiger partial charge in [-0.15, -0.1) is 0 Å². The summed E-state index contributed by atoms with van der Waals surface area (Å²) >= 11 is 1.78. The fourth-order valence-corrected chi connectivity index (χ4v) is 8.23. The first kappa shape index (κ1) is 22.6. The van der Waals surface area contributed by atoms with E-state index in [1.165, 1.54) is 0 Å². The minimum absolute atomic E-state index is 0.00326. The number of thioether (sulfide) groups is 1. The normalized spacial score (nSPS) is 48.8. The van der Waals surface area contributed by atoms with Crippen molar-refractivity contribution in [2.24, 2.45) is 34.0 Å². The van der Waals surface area contributed by atoms with Crippen LogP contribution in [-0.4, -0.2) is 51.0 Å². The first-order chi connectivity index (χ1) is 13.2. The molecule has 28 heavy (non-hydrogen) atoms. The highest BCUT2D eigenvalue weighted by Gasteiger charge is 2.68. The van der Waals surface area contributed by atoms with Crippen molar-refractivity contribution in [1.82, 2.24) is 0 Å². The Morgan fingerprint density at radius 1 is 1.14 bits per heavy atom. The van der Waals surface area contributed by atoms with Gasteiger partial charge < -0.3 is 14.2 Å². The standard InChI is InChI=1S/C23H40O4S/c1-15-8-10-23-11-9-17(26-6)19(23)22(15,4)18(27-14-25-5)12-21(3,13-28-7)20(24)16(23)2/h15-19H,8-14H2,1-7H3/t15-,16+,17-,18-,19-,21+,22+,23+/m1/s1. The Hall–Kier alpha value is -0.100. The summed E-state index contributed by atoms with van der Waals surface area (Å²) in [4.78, 5) is 13.9. The maximum absolute atomic E-state index is 13.9. The Labute approximate surface area is 175 Å². The fourth-order valence-electron chi connectivity index (χ4n) is 7.33. The molecule has 8 atom stereocenters. The molecular formula is C23H40O4S. The first-order valence-electron chi connectivity index (χ1n) is 10.9. The zero-order valence-electron chi connectivity index (χ0n) is 18.9. The van der Waals surface area contributed by atoms with Gasteiger partial charge in [0.2, 0.25) is 0 Å². The van der Waals surface area contributed by atoms with Gasteiger partial charge in [-0.3, -0.25) is 4.79 Å². The lowest BCUT2D eigenvalue weighted by Crippen LogP contribution is -2.63. The SMILES string of the molecule is COCO[C@@H]1C[C@@](C)(CSC)C(=O)[C@H](C)[C@@]23CC[C@@H](C)[C@]1(C)[C@H]2[C@H](OC)CC3. The van der Waals surface area contributed by atoms with Gasteiger partial charge in [0.25, 0.3) is 0 Å². The van der Waals surface area contributed by atoms with Gasteiger partial charge in [-0.05, 0) is 55.6 Å². The van der Waals surface area contributed by atoms with Gasteiger partial charge >= 0.3 is 0 Å². The van der Waals surface area contributed by atoms with Gasteiger partial charge in [0, 0.05) is 36.7 Å². The number of carbonyl (C=O) groups excluding carboxylic acids is 1. The number of ketones is 1. The predicted octanol–water partition coefficient (Wildman–Crippen LogP) is 4.80. The average molecular weight is 413 g/mol.